The van der Waals surface area contributed by atoms with Gasteiger partial charge in [-0.15, -0.1) is 0 Å². The van der Waals surface area contributed by atoms with Crippen molar-refractivity contribution in [1.29, 1.82) is 0 Å². The SMILES string of the molecule is COCc1noc(CNC(=O)CC(C)n2ccnc2)n1. The van der Waals surface area contributed by atoms with Crippen LogP contribution in [0.15, 0.2) is 23.2 Å². The molecular formula is C12H17N5O3. The third-order valence-electron chi connectivity index (χ3n) is 2.74. The van der Waals surface area contributed by atoms with E-state index in [9.17, 15) is 4.79 Å². The first-order valence-corrected chi connectivity index (χ1v) is 6.23. The van der Waals surface area contributed by atoms with Crippen LogP contribution in [0.2, 0.25) is 0 Å². The zero-order valence-electron chi connectivity index (χ0n) is 11.4. The number of nitrogens with one attached hydrogen (secondary N) is 1. The van der Waals surface area contributed by atoms with Gasteiger partial charge >= 0.3 is 0 Å². The monoisotopic (exact) mass is 279 g/mol. The fourth-order valence-corrected chi connectivity index (χ4v) is 1.70. The number of nitrogens with zero attached hydrogens (tertiary/aromatic N) is 4. The van der Waals surface area contributed by atoms with Crippen molar-refractivity contribution in [2.24, 2.45) is 0 Å². The molecular weight excluding hydrogens is 262 g/mol. The Kier molecular flexibility index (Phi) is 4.83. The number of carbonyl (C=O) groups excluding carboxylic acids is 1. The number of amides is 1. The van der Waals surface area contributed by atoms with E-state index < -0.39 is 0 Å². The van der Waals surface area contributed by atoms with Gasteiger partial charge in [-0.25, -0.2) is 4.98 Å². The van der Waals surface area contributed by atoms with Gasteiger partial charge in [0.25, 0.3) is 0 Å². The van der Waals surface area contributed by atoms with E-state index >= 15 is 0 Å². The Morgan fingerprint density at radius 1 is 1.60 bits per heavy atom. The van der Waals surface area contributed by atoms with Crippen molar-refractivity contribution in [3.8, 4) is 0 Å². The number of imidazole rings is 1. The van der Waals surface area contributed by atoms with Gasteiger partial charge in [0, 0.05) is 32.0 Å². The van der Waals surface area contributed by atoms with Gasteiger partial charge < -0.3 is 19.1 Å². The van der Waals surface area contributed by atoms with E-state index in [0.29, 0.717) is 18.1 Å². The first-order valence-electron chi connectivity index (χ1n) is 6.23. The highest BCUT2D eigenvalue weighted by molar-refractivity contribution is 5.76. The quantitative estimate of drug-likeness (QED) is 0.800. The number of carbonyl (C=O) groups is 1. The molecule has 0 aliphatic heterocycles. The van der Waals surface area contributed by atoms with Crippen molar-refractivity contribution in [2.45, 2.75) is 32.5 Å². The largest absolute Gasteiger partial charge is 0.377 e. The zero-order chi connectivity index (χ0) is 14.4. The van der Waals surface area contributed by atoms with Crippen LogP contribution in [0, 0.1) is 0 Å². The van der Waals surface area contributed by atoms with Crippen LogP contribution in [0.3, 0.4) is 0 Å². The average molecular weight is 279 g/mol. The molecule has 0 aromatic carbocycles. The van der Waals surface area contributed by atoms with Crippen molar-refractivity contribution >= 4 is 5.91 Å². The van der Waals surface area contributed by atoms with E-state index in [1.807, 2.05) is 17.7 Å². The van der Waals surface area contributed by atoms with E-state index in [-0.39, 0.29) is 25.1 Å². The molecule has 108 valence electrons. The van der Waals surface area contributed by atoms with Gasteiger partial charge in [-0.2, -0.15) is 4.98 Å². The maximum Gasteiger partial charge on any atom is 0.246 e. The van der Waals surface area contributed by atoms with Crippen molar-refractivity contribution in [3.05, 3.63) is 30.4 Å². The lowest BCUT2D eigenvalue weighted by Gasteiger charge is -2.11. The van der Waals surface area contributed by atoms with E-state index in [1.54, 1.807) is 19.6 Å². The van der Waals surface area contributed by atoms with Gasteiger partial charge in [-0.3, -0.25) is 4.79 Å². The predicted octanol–water partition coefficient (Wildman–Crippen LogP) is 0.680. The van der Waals surface area contributed by atoms with Crippen LogP contribution in [-0.2, 0) is 22.7 Å². The summed E-state index contributed by atoms with van der Waals surface area (Å²) in [5.74, 6) is 0.738. The number of methoxy groups -OCH3 is 1. The third-order valence-corrected chi connectivity index (χ3v) is 2.74. The average Bonchev–Trinajstić information content (AvgIpc) is 3.08. The maximum atomic E-state index is 11.8. The number of rotatable bonds is 7. The summed E-state index contributed by atoms with van der Waals surface area (Å²) < 4.78 is 11.7. The number of ether oxygens (including phenoxy) is 1. The highest BCUT2D eigenvalue weighted by atomic mass is 16.5. The Labute approximate surface area is 116 Å². The van der Waals surface area contributed by atoms with Gasteiger partial charge in [0.15, 0.2) is 5.82 Å². The summed E-state index contributed by atoms with van der Waals surface area (Å²) in [5, 5.41) is 6.45. The first-order chi connectivity index (χ1) is 9.69. The Morgan fingerprint density at radius 3 is 3.15 bits per heavy atom. The highest BCUT2D eigenvalue weighted by Crippen LogP contribution is 2.09. The molecule has 0 fully saturated rings. The predicted molar refractivity (Wildman–Crippen MR) is 68.4 cm³/mol. The molecule has 1 amide bonds. The van der Waals surface area contributed by atoms with Crippen LogP contribution in [0.1, 0.15) is 31.1 Å². The van der Waals surface area contributed by atoms with Crippen LogP contribution in [-0.4, -0.2) is 32.7 Å². The topological polar surface area (TPSA) is 95.1 Å². The van der Waals surface area contributed by atoms with Crippen LogP contribution in [0.4, 0.5) is 0 Å². The van der Waals surface area contributed by atoms with Crippen molar-refractivity contribution < 1.29 is 14.1 Å². The molecule has 1 N–H and O–H groups in total. The molecule has 2 rings (SSSR count). The molecule has 0 bridgehead atoms. The molecule has 2 heterocycles. The van der Waals surface area contributed by atoms with Crippen LogP contribution in [0.5, 0.6) is 0 Å². The Hall–Kier alpha value is -2.22. The number of aromatic nitrogens is 4. The second-order valence-corrected chi connectivity index (χ2v) is 4.38. The first kappa shape index (κ1) is 14.2. The second kappa shape index (κ2) is 6.80. The van der Waals surface area contributed by atoms with Gasteiger partial charge in [0.1, 0.15) is 6.61 Å². The van der Waals surface area contributed by atoms with Crippen LogP contribution >= 0.6 is 0 Å². The Balaban J connectivity index is 1.77. The second-order valence-electron chi connectivity index (χ2n) is 4.38. The lowest BCUT2D eigenvalue weighted by atomic mass is 10.2. The normalized spacial score (nSPS) is 12.3. The Bertz CT molecular complexity index is 537. The van der Waals surface area contributed by atoms with Gasteiger partial charge in [-0.05, 0) is 6.92 Å². The number of hydrogen-bond donors (Lipinski definition) is 1. The summed E-state index contributed by atoms with van der Waals surface area (Å²) in [6, 6.07) is 0.0456. The van der Waals surface area contributed by atoms with E-state index in [0.717, 1.165) is 0 Å². The summed E-state index contributed by atoms with van der Waals surface area (Å²) in [6.07, 6.45) is 5.56. The molecule has 20 heavy (non-hydrogen) atoms. The molecule has 0 radical (unpaired) electrons. The van der Waals surface area contributed by atoms with Gasteiger partial charge in [0.2, 0.25) is 11.8 Å². The van der Waals surface area contributed by atoms with E-state index in [1.165, 1.54) is 0 Å². The maximum absolute atomic E-state index is 11.8. The van der Waals surface area contributed by atoms with Crippen molar-refractivity contribution in [3.63, 3.8) is 0 Å². The molecule has 2 aromatic rings. The fourth-order valence-electron chi connectivity index (χ4n) is 1.70. The molecule has 8 nitrogen and oxygen atoms in total. The summed E-state index contributed by atoms with van der Waals surface area (Å²) in [4.78, 5) is 19.8. The molecule has 1 atom stereocenters. The minimum absolute atomic E-state index is 0.0456. The van der Waals surface area contributed by atoms with E-state index in [4.69, 9.17) is 9.26 Å². The van der Waals surface area contributed by atoms with Gasteiger partial charge in [-0.1, -0.05) is 5.16 Å². The Morgan fingerprint density at radius 2 is 2.45 bits per heavy atom. The molecule has 1 unspecified atom stereocenters. The van der Waals surface area contributed by atoms with Crippen LogP contribution < -0.4 is 5.32 Å². The summed E-state index contributed by atoms with van der Waals surface area (Å²) in [7, 11) is 1.55. The van der Waals surface area contributed by atoms with Crippen molar-refractivity contribution in [2.75, 3.05) is 7.11 Å². The summed E-state index contributed by atoms with van der Waals surface area (Å²) >= 11 is 0. The summed E-state index contributed by atoms with van der Waals surface area (Å²) in [5.41, 5.74) is 0. The molecule has 0 saturated heterocycles. The highest BCUT2D eigenvalue weighted by Gasteiger charge is 2.12. The zero-order valence-corrected chi connectivity index (χ0v) is 11.4. The van der Waals surface area contributed by atoms with Crippen LogP contribution in [0.25, 0.3) is 0 Å². The number of hydrogen-bond acceptors (Lipinski definition) is 6. The lowest BCUT2D eigenvalue weighted by Crippen LogP contribution is -2.25. The smallest absolute Gasteiger partial charge is 0.246 e. The molecule has 0 aliphatic carbocycles. The van der Waals surface area contributed by atoms with Crippen molar-refractivity contribution in [1.82, 2.24) is 25.0 Å². The minimum Gasteiger partial charge on any atom is -0.377 e. The van der Waals surface area contributed by atoms with E-state index in [2.05, 4.69) is 20.4 Å². The third kappa shape index (κ3) is 3.89. The minimum atomic E-state index is -0.0855. The molecule has 8 heteroatoms. The molecule has 2 aromatic heterocycles. The van der Waals surface area contributed by atoms with Gasteiger partial charge in [0.05, 0.1) is 12.9 Å². The molecule has 0 spiro atoms. The fraction of sp³-hybridized carbons (Fsp3) is 0.500. The standard InChI is InChI=1S/C12H17N5O3/c1-9(17-4-3-13-8-17)5-11(18)14-6-12-15-10(7-19-2)16-20-12/h3-4,8-9H,5-7H2,1-2H3,(H,14,18). The molecule has 0 aliphatic rings. The lowest BCUT2D eigenvalue weighted by molar-refractivity contribution is -0.122. The molecule has 0 saturated carbocycles. The summed E-state index contributed by atoms with van der Waals surface area (Å²) in [6.45, 7) is 2.45.